The van der Waals surface area contributed by atoms with E-state index in [2.05, 4.69) is 228 Å². The first-order valence-electron chi connectivity index (χ1n) is 18.7. The molecular formula is C52H36N2O. The zero-order valence-corrected chi connectivity index (χ0v) is 30.1. The minimum absolute atomic E-state index is 0.827. The third-order valence-corrected chi connectivity index (χ3v) is 10.4. The van der Waals surface area contributed by atoms with Gasteiger partial charge < -0.3 is 14.2 Å². The molecule has 0 aliphatic carbocycles. The van der Waals surface area contributed by atoms with Gasteiger partial charge in [0.2, 0.25) is 0 Å². The van der Waals surface area contributed by atoms with Gasteiger partial charge in [0.05, 0.1) is 11.4 Å². The lowest BCUT2D eigenvalue weighted by atomic mass is 10.0. The van der Waals surface area contributed by atoms with Crippen LogP contribution >= 0.6 is 0 Å². The first-order valence-corrected chi connectivity index (χ1v) is 18.7. The van der Waals surface area contributed by atoms with Gasteiger partial charge >= 0.3 is 0 Å². The minimum Gasteiger partial charge on any atom is -0.454 e. The molecule has 0 atom stereocenters. The van der Waals surface area contributed by atoms with E-state index in [1.165, 1.54) is 16.5 Å². The maximum atomic E-state index is 7.01. The number of fused-ring (bicyclic) bond motifs is 4. The second kappa shape index (κ2) is 13.9. The van der Waals surface area contributed by atoms with Gasteiger partial charge in [0, 0.05) is 39.1 Å². The summed E-state index contributed by atoms with van der Waals surface area (Å²) in [6, 6.07) is 77.5. The van der Waals surface area contributed by atoms with E-state index in [1.54, 1.807) is 0 Å². The summed E-state index contributed by atoms with van der Waals surface area (Å²) in [6.45, 7) is 0. The normalized spacial score (nSPS) is 11.3. The summed E-state index contributed by atoms with van der Waals surface area (Å²) in [7, 11) is 0. The molecule has 9 aromatic carbocycles. The molecule has 10 aromatic rings. The highest BCUT2D eigenvalue weighted by atomic mass is 16.3. The molecule has 3 heteroatoms. The molecule has 0 aliphatic rings. The van der Waals surface area contributed by atoms with Gasteiger partial charge in [-0.25, -0.2) is 0 Å². The number of anilines is 6. The molecule has 0 spiro atoms. The van der Waals surface area contributed by atoms with Crippen LogP contribution in [0, 0.1) is 0 Å². The second-order valence-electron chi connectivity index (χ2n) is 13.8. The number of furan rings is 1. The van der Waals surface area contributed by atoms with E-state index in [-0.39, 0.29) is 0 Å². The molecule has 1 heterocycles. The molecule has 10 rings (SSSR count). The number of para-hydroxylation sites is 3. The summed E-state index contributed by atoms with van der Waals surface area (Å²) < 4.78 is 7.01. The highest BCUT2D eigenvalue weighted by Gasteiger charge is 2.25. The Labute approximate surface area is 320 Å². The van der Waals surface area contributed by atoms with Gasteiger partial charge in [-0.2, -0.15) is 0 Å². The first kappa shape index (κ1) is 32.3. The average Bonchev–Trinajstić information content (AvgIpc) is 3.62. The van der Waals surface area contributed by atoms with Gasteiger partial charge in [-0.3, -0.25) is 0 Å². The fraction of sp³-hybridized carbons (Fsp3) is 0. The van der Waals surface area contributed by atoms with Crippen molar-refractivity contribution in [2.75, 3.05) is 9.80 Å². The highest BCUT2D eigenvalue weighted by Crippen LogP contribution is 2.49. The second-order valence-corrected chi connectivity index (χ2v) is 13.8. The van der Waals surface area contributed by atoms with Crippen LogP contribution in [-0.4, -0.2) is 0 Å². The minimum atomic E-state index is 0.827. The van der Waals surface area contributed by atoms with Crippen LogP contribution in [0.4, 0.5) is 34.1 Å². The van der Waals surface area contributed by atoms with E-state index >= 15 is 0 Å². The number of nitrogens with zero attached hydrogens (tertiary/aromatic N) is 2. The molecule has 1 aromatic heterocycles. The van der Waals surface area contributed by atoms with Crippen LogP contribution in [0.1, 0.15) is 0 Å². The average molecular weight is 705 g/mol. The van der Waals surface area contributed by atoms with E-state index in [1.807, 2.05) is 0 Å². The van der Waals surface area contributed by atoms with Gasteiger partial charge in [-0.1, -0.05) is 152 Å². The Morgan fingerprint density at radius 3 is 1.49 bits per heavy atom. The topological polar surface area (TPSA) is 19.6 Å². The van der Waals surface area contributed by atoms with E-state index in [0.29, 0.717) is 0 Å². The molecule has 0 saturated carbocycles. The van der Waals surface area contributed by atoms with Crippen molar-refractivity contribution in [3.8, 4) is 22.3 Å². The van der Waals surface area contributed by atoms with Crippen molar-refractivity contribution in [2.24, 2.45) is 0 Å². The Morgan fingerprint density at radius 1 is 0.309 bits per heavy atom. The van der Waals surface area contributed by atoms with Gasteiger partial charge in [0.25, 0.3) is 0 Å². The number of benzene rings is 9. The fourth-order valence-electron chi connectivity index (χ4n) is 7.80. The number of hydrogen-bond donors (Lipinski definition) is 0. The predicted octanol–water partition coefficient (Wildman–Crippen LogP) is 15.0. The largest absolute Gasteiger partial charge is 0.454 e. The molecule has 0 aliphatic heterocycles. The van der Waals surface area contributed by atoms with Crippen LogP contribution in [0.3, 0.4) is 0 Å². The van der Waals surface area contributed by atoms with Crippen molar-refractivity contribution >= 4 is 66.8 Å². The molecule has 55 heavy (non-hydrogen) atoms. The molecule has 3 nitrogen and oxygen atoms in total. The van der Waals surface area contributed by atoms with Crippen molar-refractivity contribution < 1.29 is 4.42 Å². The molecule has 0 N–H and O–H groups in total. The molecule has 0 amide bonds. The third-order valence-electron chi connectivity index (χ3n) is 10.4. The summed E-state index contributed by atoms with van der Waals surface area (Å²) in [6.07, 6.45) is 0. The maximum Gasteiger partial charge on any atom is 0.159 e. The Bertz CT molecular complexity index is 2900. The van der Waals surface area contributed by atoms with Crippen LogP contribution in [0.2, 0.25) is 0 Å². The Morgan fingerprint density at radius 2 is 0.818 bits per heavy atom. The Kier molecular flexibility index (Phi) is 8.16. The van der Waals surface area contributed by atoms with Crippen LogP contribution in [0.15, 0.2) is 223 Å². The molecule has 0 radical (unpaired) electrons. The van der Waals surface area contributed by atoms with Crippen LogP contribution in [0.5, 0.6) is 0 Å². The lowest BCUT2D eigenvalue weighted by Gasteiger charge is -2.30. The lowest BCUT2D eigenvalue weighted by Crippen LogP contribution is -2.14. The van der Waals surface area contributed by atoms with Crippen molar-refractivity contribution in [1.82, 2.24) is 0 Å². The van der Waals surface area contributed by atoms with Crippen molar-refractivity contribution in [3.63, 3.8) is 0 Å². The Hall–Kier alpha value is -7.36. The molecule has 0 saturated heterocycles. The number of hydrogen-bond acceptors (Lipinski definition) is 3. The maximum absolute atomic E-state index is 7.01. The molecule has 0 fully saturated rings. The third kappa shape index (κ3) is 5.98. The fourth-order valence-corrected chi connectivity index (χ4v) is 7.80. The molecule has 0 bridgehead atoms. The van der Waals surface area contributed by atoms with E-state index < -0.39 is 0 Å². The van der Waals surface area contributed by atoms with Gasteiger partial charge in [0.1, 0.15) is 5.58 Å². The summed E-state index contributed by atoms with van der Waals surface area (Å²) in [5.74, 6) is 0. The van der Waals surface area contributed by atoms with E-state index in [0.717, 1.165) is 72.6 Å². The summed E-state index contributed by atoms with van der Waals surface area (Å²) in [4.78, 5) is 4.71. The van der Waals surface area contributed by atoms with Gasteiger partial charge in [-0.05, 0) is 94.2 Å². The summed E-state index contributed by atoms with van der Waals surface area (Å²) >= 11 is 0. The Balaban J connectivity index is 1.27. The quantitative estimate of drug-likeness (QED) is 0.157. The lowest BCUT2D eigenvalue weighted by molar-refractivity contribution is 0.669. The SMILES string of the molecule is c1ccc(-c2ccc(N(c3ccccc3)c3cc(N(c4ccccc4)c4ccccc4-c4ccccc4)c4oc5cc6ccccc6cc5c4c3)cc2)cc1. The zero-order valence-electron chi connectivity index (χ0n) is 30.1. The van der Waals surface area contributed by atoms with E-state index in [4.69, 9.17) is 4.42 Å². The smallest absolute Gasteiger partial charge is 0.159 e. The van der Waals surface area contributed by atoms with Crippen molar-refractivity contribution in [3.05, 3.63) is 218 Å². The standard InChI is InChI=1S/C52H36N2O/c1-5-17-37(18-6-1)38-29-31-44(32-30-38)53(42-23-9-3-10-24-42)45-35-48-47-33-40-21-13-14-22-41(40)34-51(47)55-52(48)50(36-45)54(43-25-11-4-12-26-43)49-28-16-15-27-46(49)39-19-7-2-8-20-39/h1-36H. The van der Waals surface area contributed by atoms with Crippen LogP contribution in [-0.2, 0) is 0 Å². The first-order chi connectivity index (χ1) is 27.3. The van der Waals surface area contributed by atoms with Gasteiger partial charge in [0.15, 0.2) is 5.58 Å². The zero-order chi connectivity index (χ0) is 36.6. The molecular weight excluding hydrogens is 669 g/mol. The summed E-state index contributed by atoms with van der Waals surface area (Å²) in [5, 5.41) is 4.45. The van der Waals surface area contributed by atoms with Crippen LogP contribution < -0.4 is 9.80 Å². The van der Waals surface area contributed by atoms with Crippen molar-refractivity contribution in [2.45, 2.75) is 0 Å². The summed E-state index contributed by atoms with van der Waals surface area (Å²) in [5.41, 5.74) is 12.5. The highest BCUT2D eigenvalue weighted by molar-refractivity contribution is 6.15. The van der Waals surface area contributed by atoms with Crippen molar-refractivity contribution in [1.29, 1.82) is 0 Å². The number of rotatable bonds is 8. The molecule has 260 valence electrons. The van der Waals surface area contributed by atoms with Gasteiger partial charge in [-0.15, -0.1) is 0 Å². The van der Waals surface area contributed by atoms with E-state index in [9.17, 15) is 0 Å². The molecule has 0 unspecified atom stereocenters. The monoisotopic (exact) mass is 704 g/mol. The van der Waals surface area contributed by atoms with Crippen LogP contribution in [0.25, 0.3) is 55.0 Å². The predicted molar refractivity (Wildman–Crippen MR) is 231 cm³/mol.